The van der Waals surface area contributed by atoms with Gasteiger partial charge in [-0.2, -0.15) is 0 Å². The van der Waals surface area contributed by atoms with E-state index in [0.29, 0.717) is 28.9 Å². The monoisotopic (exact) mass is 420 g/mol. The third kappa shape index (κ3) is 4.35. The predicted octanol–water partition coefficient (Wildman–Crippen LogP) is 2.53. The van der Waals surface area contributed by atoms with Crippen molar-refractivity contribution in [3.8, 4) is 5.75 Å². The molecular weight excluding hydrogens is 395 g/mol. The summed E-state index contributed by atoms with van der Waals surface area (Å²) in [6.45, 7) is 5.45. The van der Waals surface area contributed by atoms with E-state index >= 15 is 4.39 Å². The van der Waals surface area contributed by atoms with Gasteiger partial charge >= 0.3 is 0 Å². The van der Waals surface area contributed by atoms with Crippen LogP contribution in [0.25, 0.3) is 11.9 Å². The van der Waals surface area contributed by atoms with E-state index in [1.807, 2.05) is 42.8 Å². The van der Waals surface area contributed by atoms with Crippen LogP contribution in [0.1, 0.15) is 25.0 Å². The molecule has 31 heavy (non-hydrogen) atoms. The van der Waals surface area contributed by atoms with Crippen molar-refractivity contribution in [1.82, 2.24) is 14.9 Å². The van der Waals surface area contributed by atoms with Crippen LogP contribution in [0, 0.1) is 6.92 Å². The molecule has 0 saturated carbocycles. The number of hydrogen-bond donors (Lipinski definition) is 1. The quantitative estimate of drug-likeness (QED) is 0.756. The molecule has 0 fully saturated rings. The van der Waals surface area contributed by atoms with Crippen molar-refractivity contribution < 1.29 is 13.9 Å². The van der Waals surface area contributed by atoms with E-state index in [4.69, 9.17) is 4.74 Å². The SMILES string of the molecule is C=CC(=O)NC1CCC=CC1=Nc1cc(OC2CC=c3c(cc(C)n3C)=C2F)ccn1. The van der Waals surface area contributed by atoms with Gasteiger partial charge in [0.15, 0.2) is 17.7 Å². The van der Waals surface area contributed by atoms with Gasteiger partial charge in [0.2, 0.25) is 5.91 Å². The van der Waals surface area contributed by atoms with Crippen molar-refractivity contribution in [2.45, 2.75) is 38.3 Å². The molecule has 7 heteroatoms. The Hall–Kier alpha value is -3.48. The van der Waals surface area contributed by atoms with E-state index in [2.05, 4.69) is 21.9 Å². The zero-order valence-electron chi connectivity index (χ0n) is 17.6. The number of nitrogens with zero attached hydrogens (tertiary/aromatic N) is 3. The number of halogens is 1. The van der Waals surface area contributed by atoms with Gasteiger partial charge in [0, 0.05) is 42.0 Å². The molecule has 4 rings (SSSR count). The van der Waals surface area contributed by atoms with Gasteiger partial charge in [-0.05, 0) is 44.1 Å². The van der Waals surface area contributed by atoms with Crippen LogP contribution in [0.15, 0.2) is 54.2 Å². The van der Waals surface area contributed by atoms with Gasteiger partial charge < -0.3 is 14.6 Å². The lowest BCUT2D eigenvalue weighted by Gasteiger charge is -2.21. The zero-order valence-corrected chi connectivity index (χ0v) is 17.6. The Morgan fingerprint density at radius 1 is 1.45 bits per heavy atom. The molecule has 1 N–H and O–H groups in total. The second-order valence-electron chi connectivity index (χ2n) is 7.67. The summed E-state index contributed by atoms with van der Waals surface area (Å²) in [5.74, 6) is 0.417. The van der Waals surface area contributed by atoms with Crippen LogP contribution in [0.3, 0.4) is 0 Å². The lowest BCUT2D eigenvalue weighted by molar-refractivity contribution is -0.116. The minimum atomic E-state index is -0.689. The average Bonchev–Trinajstić information content (AvgIpc) is 3.06. The number of rotatable bonds is 5. The van der Waals surface area contributed by atoms with Crippen LogP contribution in [0.4, 0.5) is 10.2 Å². The molecule has 2 aromatic heterocycles. The molecule has 2 aliphatic carbocycles. The van der Waals surface area contributed by atoms with Crippen molar-refractivity contribution in [2.24, 2.45) is 12.0 Å². The third-order valence-electron chi connectivity index (χ3n) is 5.59. The Kier molecular flexibility index (Phi) is 5.84. The average molecular weight is 420 g/mol. The van der Waals surface area contributed by atoms with Gasteiger partial charge in [-0.15, -0.1) is 0 Å². The number of allylic oxidation sites excluding steroid dienone is 1. The topological polar surface area (TPSA) is 68.5 Å². The fraction of sp³-hybridized carbons (Fsp3) is 0.292. The molecule has 0 radical (unpaired) electrons. The second kappa shape index (κ2) is 8.71. The maximum atomic E-state index is 15.1. The summed E-state index contributed by atoms with van der Waals surface area (Å²) in [5, 5.41) is 4.35. The first-order valence-electron chi connectivity index (χ1n) is 10.3. The van der Waals surface area contributed by atoms with Gasteiger partial charge in [-0.25, -0.2) is 14.4 Å². The highest BCUT2D eigenvalue weighted by Crippen LogP contribution is 2.24. The van der Waals surface area contributed by atoms with E-state index in [0.717, 1.165) is 23.9 Å². The summed E-state index contributed by atoms with van der Waals surface area (Å²) < 4.78 is 23.0. The Balaban J connectivity index is 1.57. The molecule has 0 bridgehead atoms. The largest absolute Gasteiger partial charge is 0.483 e. The van der Waals surface area contributed by atoms with Crippen LogP contribution in [0.5, 0.6) is 5.75 Å². The maximum Gasteiger partial charge on any atom is 0.243 e. The van der Waals surface area contributed by atoms with Crippen molar-refractivity contribution in [1.29, 1.82) is 0 Å². The molecule has 2 unspecified atom stereocenters. The summed E-state index contributed by atoms with van der Waals surface area (Å²) in [5.41, 5.74) is 1.71. The number of fused-ring (bicyclic) bond motifs is 1. The first kappa shape index (κ1) is 20.8. The van der Waals surface area contributed by atoms with Gasteiger partial charge in [-0.3, -0.25) is 4.79 Å². The van der Waals surface area contributed by atoms with E-state index in [9.17, 15) is 4.79 Å². The first-order valence-corrected chi connectivity index (χ1v) is 10.3. The standard InChI is InChI=1S/C24H25FN4O2/c1-4-23(30)28-19-8-6-5-7-18(19)27-22-14-16(11-12-26-22)31-21-10-9-20-17(24(21)25)13-15(2)29(20)3/h4-5,7,9,11-14,19,21H,1,6,8,10H2,2-3H3,(H,28,30). The molecule has 2 heterocycles. The Labute approximate surface area is 180 Å². The fourth-order valence-corrected chi connectivity index (χ4v) is 3.84. The number of aliphatic imine (C=N–C) groups is 1. The molecule has 2 aliphatic rings. The zero-order chi connectivity index (χ0) is 22.0. The lowest BCUT2D eigenvalue weighted by Crippen LogP contribution is -2.40. The van der Waals surface area contributed by atoms with E-state index in [1.165, 1.54) is 6.08 Å². The summed E-state index contributed by atoms with van der Waals surface area (Å²) in [4.78, 5) is 20.6. The molecule has 0 aliphatic heterocycles. The highest BCUT2D eigenvalue weighted by atomic mass is 19.1. The van der Waals surface area contributed by atoms with Gasteiger partial charge in [-0.1, -0.05) is 18.7 Å². The van der Waals surface area contributed by atoms with Crippen LogP contribution >= 0.6 is 0 Å². The summed E-state index contributed by atoms with van der Waals surface area (Å²) in [6.07, 6.45) is 10.1. The summed E-state index contributed by atoms with van der Waals surface area (Å²) in [6, 6.07) is 5.01. The van der Waals surface area contributed by atoms with Crippen molar-refractivity contribution in [3.05, 3.63) is 65.5 Å². The minimum absolute atomic E-state index is 0.208. The number of pyridine rings is 1. The van der Waals surface area contributed by atoms with Gasteiger partial charge in [0.25, 0.3) is 0 Å². The fourth-order valence-electron chi connectivity index (χ4n) is 3.84. The highest BCUT2D eigenvalue weighted by Gasteiger charge is 2.22. The van der Waals surface area contributed by atoms with E-state index < -0.39 is 6.10 Å². The third-order valence-corrected chi connectivity index (χ3v) is 5.59. The molecule has 2 aromatic rings. The minimum Gasteiger partial charge on any atom is -0.483 e. The van der Waals surface area contributed by atoms with E-state index in [1.54, 1.807) is 18.3 Å². The maximum absolute atomic E-state index is 15.1. The van der Waals surface area contributed by atoms with Crippen LogP contribution in [-0.4, -0.2) is 33.3 Å². The summed E-state index contributed by atoms with van der Waals surface area (Å²) in [7, 11) is 1.93. The Morgan fingerprint density at radius 2 is 2.29 bits per heavy atom. The Bertz CT molecular complexity index is 1210. The van der Waals surface area contributed by atoms with Crippen molar-refractivity contribution in [3.63, 3.8) is 0 Å². The number of carbonyl (C=O) groups excluding carboxylic acids is 1. The molecule has 1 amide bonds. The lowest BCUT2D eigenvalue weighted by atomic mass is 9.99. The smallest absolute Gasteiger partial charge is 0.243 e. The molecule has 0 spiro atoms. The number of amides is 1. The van der Waals surface area contributed by atoms with Crippen molar-refractivity contribution >= 4 is 29.3 Å². The van der Waals surface area contributed by atoms with Crippen LogP contribution < -0.4 is 20.6 Å². The highest BCUT2D eigenvalue weighted by molar-refractivity contribution is 6.04. The van der Waals surface area contributed by atoms with Gasteiger partial charge in [0.05, 0.1) is 11.8 Å². The van der Waals surface area contributed by atoms with Crippen LogP contribution in [-0.2, 0) is 11.8 Å². The Morgan fingerprint density at radius 3 is 3.10 bits per heavy atom. The predicted molar refractivity (Wildman–Crippen MR) is 119 cm³/mol. The number of hydrogen-bond acceptors (Lipinski definition) is 4. The number of ether oxygens (including phenoxy) is 1. The van der Waals surface area contributed by atoms with Crippen molar-refractivity contribution in [2.75, 3.05) is 0 Å². The van der Waals surface area contributed by atoms with Crippen LogP contribution in [0.2, 0.25) is 0 Å². The number of carbonyl (C=O) groups is 1. The molecule has 2 atom stereocenters. The van der Waals surface area contributed by atoms with E-state index in [-0.39, 0.29) is 17.8 Å². The number of aryl methyl sites for hydroxylation is 1. The second-order valence-corrected chi connectivity index (χ2v) is 7.67. The molecule has 6 nitrogen and oxygen atoms in total. The number of nitrogens with one attached hydrogen (secondary N) is 1. The van der Waals surface area contributed by atoms with Gasteiger partial charge in [0.1, 0.15) is 5.75 Å². The normalized spacial score (nSPS) is 21.4. The molecule has 0 saturated heterocycles. The molecular formula is C24H25FN4O2. The molecule has 160 valence electrons. The summed E-state index contributed by atoms with van der Waals surface area (Å²) >= 11 is 0. The number of aromatic nitrogens is 2. The molecule has 0 aromatic carbocycles. The first-order chi connectivity index (χ1) is 15.0.